The third kappa shape index (κ3) is 2.65. The van der Waals surface area contributed by atoms with Gasteiger partial charge in [-0.05, 0) is 35.8 Å². The maximum absolute atomic E-state index is 10.7. The van der Waals surface area contributed by atoms with Crippen LogP contribution in [-0.2, 0) is 13.5 Å². The van der Waals surface area contributed by atoms with E-state index in [0.29, 0.717) is 17.7 Å². The summed E-state index contributed by atoms with van der Waals surface area (Å²) in [7, 11) is 1.74. The monoisotopic (exact) mass is 238 g/mol. The molecule has 2 rings (SSSR count). The van der Waals surface area contributed by atoms with E-state index < -0.39 is 5.60 Å². The first kappa shape index (κ1) is 12.5. The van der Waals surface area contributed by atoms with Crippen molar-refractivity contribution in [2.24, 2.45) is 18.4 Å². The first-order chi connectivity index (χ1) is 7.81. The molecule has 2 unspecified atom stereocenters. The van der Waals surface area contributed by atoms with Crippen LogP contribution in [0.2, 0.25) is 0 Å². The largest absolute Gasteiger partial charge is 0.389 e. The van der Waals surface area contributed by atoms with E-state index in [1.165, 1.54) is 4.80 Å². The lowest BCUT2D eigenvalue weighted by atomic mass is 9.64. The van der Waals surface area contributed by atoms with E-state index in [4.69, 9.17) is 0 Å². The first-order valence-corrected chi connectivity index (χ1v) is 6.26. The van der Waals surface area contributed by atoms with Crippen molar-refractivity contribution in [3.63, 3.8) is 0 Å². The van der Waals surface area contributed by atoms with Crippen molar-refractivity contribution >= 4 is 0 Å². The molecule has 2 atom stereocenters. The molecule has 0 bridgehead atoms. The zero-order valence-electron chi connectivity index (χ0n) is 11.1. The van der Waals surface area contributed by atoms with Gasteiger partial charge in [0.2, 0.25) is 0 Å². The van der Waals surface area contributed by atoms with Crippen LogP contribution in [-0.4, -0.2) is 30.9 Å². The molecule has 1 saturated carbocycles. The van der Waals surface area contributed by atoms with Gasteiger partial charge in [-0.2, -0.15) is 4.80 Å². The Labute approximate surface area is 102 Å². The lowest BCUT2D eigenvalue weighted by Crippen LogP contribution is -2.45. The summed E-state index contributed by atoms with van der Waals surface area (Å²) >= 11 is 0. The van der Waals surface area contributed by atoms with Gasteiger partial charge in [0.1, 0.15) is 0 Å². The first-order valence-electron chi connectivity index (χ1n) is 6.26. The van der Waals surface area contributed by atoms with Crippen molar-refractivity contribution in [1.82, 2.24) is 20.2 Å². The van der Waals surface area contributed by atoms with E-state index in [0.717, 1.165) is 19.3 Å². The molecule has 0 aromatic carbocycles. The van der Waals surface area contributed by atoms with Gasteiger partial charge in [0.05, 0.1) is 12.6 Å². The predicted octanol–water partition coefficient (Wildman–Crippen LogP) is 1.33. The van der Waals surface area contributed by atoms with Crippen LogP contribution >= 0.6 is 0 Å². The van der Waals surface area contributed by atoms with E-state index in [1.807, 2.05) is 0 Å². The van der Waals surface area contributed by atoms with Crippen LogP contribution in [0.15, 0.2) is 0 Å². The van der Waals surface area contributed by atoms with Crippen molar-refractivity contribution in [3.05, 3.63) is 5.82 Å². The number of aryl methyl sites for hydroxylation is 1. The Hall–Kier alpha value is -0.970. The minimum absolute atomic E-state index is 0.273. The third-order valence-electron chi connectivity index (χ3n) is 4.02. The smallest absolute Gasteiger partial charge is 0.177 e. The SMILES string of the molecule is CC1CC(C)(C)CCC1(O)Cc1nnn(C)n1. The topological polar surface area (TPSA) is 63.8 Å². The van der Waals surface area contributed by atoms with Gasteiger partial charge >= 0.3 is 0 Å². The Balaban J connectivity index is 2.09. The molecule has 17 heavy (non-hydrogen) atoms. The number of nitrogens with zero attached hydrogens (tertiary/aromatic N) is 4. The number of rotatable bonds is 2. The molecule has 5 heteroatoms. The molecular formula is C12H22N4O. The second-order valence-corrected chi connectivity index (χ2v) is 6.24. The molecule has 0 radical (unpaired) electrons. The van der Waals surface area contributed by atoms with Crippen molar-refractivity contribution in [3.8, 4) is 0 Å². The average molecular weight is 238 g/mol. The highest BCUT2D eigenvalue weighted by Crippen LogP contribution is 2.44. The summed E-state index contributed by atoms with van der Waals surface area (Å²) < 4.78 is 0. The number of hydrogen-bond donors (Lipinski definition) is 1. The molecule has 0 aliphatic heterocycles. The third-order valence-corrected chi connectivity index (χ3v) is 4.02. The fraction of sp³-hybridized carbons (Fsp3) is 0.917. The van der Waals surface area contributed by atoms with Crippen LogP contribution in [0.25, 0.3) is 0 Å². The van der Waals surface area contributed by atoms with Crippen LogP contribution < -0.4 is 0 Å². The predicted molar refractivity (Wildman–Crippen MR) is 64.2 cm³/mol. The van der Waals surface area contributed by atoms with Crippen LogP contribution in [0.5, 0.6) is 0 Å². The molecule has 1 N–H and O–H groups in total. The van der Waals surface area contributed by atoms with Crippen LogP contribution in [0, 0.1) is 11.3 Å². The maximum Gasteiger partial charge on any atom is 0.177 e. The molecule has 96 valence electrons. The van der Waals surface area contributed by atoms with E-state index in [-0.39, 0.29) is 5.92 Å². The molecule has 0 amide bonds. The summed E-state index contributed by atoms with van der Waals surface area (Å²) in [6.45, 7) is 6.66. The van der Waals surface area contributed by atoms with Gasteiger partial charge < -0.3 is 5.11 Å². The molecular weight excluding hydrogens is 216 g/mol. The van der Waals surface area contributed by atoms with Crippen molar-refractivity contribution in [2.45, 2.75) is 52.1 Å². The summed E-state index contributed by atoms with van der Waals surface area (Å²) in [6.07, 6.45) is 3.43. The van der Waals surface area contributed by atoms with Crippen LogP contribution in [0.4, 0.5) is 0 Å². The molecule has 0 spiro atoms. The summed E-state index contributed by atoms with van der Waals surface area (Å²) in [6, 6.07) is 0. The Morgan fingerprint density at radius 3 is 2.65 bits per heavy atom. The highest BCUT2D eigenvalue weighted by molar-refractivity contribution is 4.99. The van der Waals surface area contributed by atoms with E-state index in [1.54, 1.807) is 7.05 Å². The number of aromatic nitrogens is 4. The van der Waals surface area contributed by atoms with E-state index in [9.17, 15) is 5.11 Å². The molecule has 1 aliphatic rings. The highest BCUT2D eigenvalue weighted by Gasteiger charge is 2.43. The Morgan fingerprint density at radius 2 is 2.12 bits per heavy atom. The van der Waals surface area contributed by atoms with Gasteiger partial charge in [0.15, 0.2) is 5.82 Å². The summed E-state index contributed by atoms with van der Waals surface area (Å²) in [4.78, 5) is 1.44. The van der Waals surface area contributed by atoms with Gasteiger partial charge in [-0.25, -0.2) is 0 Å². The summed E-state index contributed by atoms with van der Waals surface area (Å²) in [5.41, 5.74) is -0.333. The van der Waals surface area contributed by atoms with Crippen molar-refractivity contribution in [2.75, 3.05) is 0 Å². The Bertz CT molecular complexity index is 401. The summed E-state index contributed by atoms with van der Waals surface area (Å²) in [5.74, 6) is 0.914. The van der Waals surface area contributed by atoms with E-state index in [2.05, 4.69) is 36.2 Å². The highest BCUT2D eigenvalue weighted by atomic mass is 16.3. The molecule has 5 nitrogen and oxygen atoms in total. The zero-order chi connectivity index (χ0) is 12.7. The van der Waals surface area contributed by atoms with Crippen molar-refractivity contribution in [1.29, 1.82) is 0 Å². The molecule has 0 saturated heterocycles. The normalized spacial score (nSPS) is 32.6. The number of aliphatic hydroxyl groups is 1. The molecule has 1 aliphatic carbocycles. The lowest BCUT2D eigenvalue weighted by Gasteiger charge is -2.44. The fourth-order valence-corrected chi connectivity index (χ4v) is 2.85. The molecule has 1 heterocycles. The van der Waals surface area contributed by atoms with Gasteiger partial charge in [-0.1, -0.05) is 20.8 Å². The van der Waals surface area contributed by atoms with Gasteiger partial charge in [0, 0.05) is 6.42 Å². The fourth-order valence-electron chi connectivity index (χ4n) is 2.85. The van der Waals surface area contributed by atoms with Crippen LogP contribution in [0.3, 0.4) is 0 Å². The number of hydrogen-bond acceptors (Lipinski definition) is 4. The standard InChI is InChI=1S/C12H22N4O/c1-9-7-11(2,3)5-6-12(9,17)8-10-13-15-16(4)14-10/h9,17H,5-8H2,1-4H3. The minimum Gasteiger partial charge on any atom is -0.389 e. The second kappa shape index (κ2) is 4.05. The van der Waals surface area contributed by atoms with Gasteiger partial charge in [-0.3, -0.25) is 0 Å². The Morgan fingerprint density at radius 1 is 1.41 bits per heavy atom. The lowest BCUT2D eigenvalue weighted by molar-refractivity contribution is -0.0716. The average Bonchev–Trinajstić information content (AvgIpc) is 2.59. The minimum atomic E-state index is -0.668. The zero-order valence-corrected chi connectivity index (χ0v) is 11.1. The van der Waals surface area contributed by atoms with Crippen LogP contribution in [0.1, 0.15) is 45.9 Å². The van der Waals surface area contributed by atoms with Crippen molar-refractivity contribution < 1.29 is 5.11 Å². The van der Waals surface area contributed by atoms with E-state index >= 15 is 0 Å². The maximum atomic E-state index is 10.7. The molecule has 1 aromatic rings. The second-order valence-electron chi connectivity index (χ2n) is 6.24. The Kier molecular flexibility index (Phi) is 2.97. The number of tetrazole rings is 1. The van der Waals surface area contributed by atoms with Gasteiger partial charge in [-0.15, -0.1) is 10.2 Å². The van der Waals surface area contributed by atoms with Gasteiger partial charge in [0.25, 0.3) is 0 Å². The summed E-state index contributed by atoms with van der Waals surface area (Å²) in [5, 5.41) is 22.7. The molecule has 1 fully saturated rings. The molecule has 1 aromatic heterocycles. The quantitative estimate of drug-likeness (QED) is 0.844.